The van der Waals surface area contributed by atoms with Gasteiger partial charge >= 0.3 is 0 Å². The van der Waals surface area contributed by atoms with Gasteiger partial charge in [0.1, 0.15) is 17.0 Å². The summed E-state index contributed by atoms with van der Waals surface area (Å²) in [6.45, 7) is 0. The Kier molecular flexibility index (Phi) is 3.52. The van der Waals surface area contributed by atoms with Crippen LogP contribution < -0.4 is 10.3 Å². The second-order valence-corrected chi connectivity index (χ2v) is 4.95. The van der Waals surface area contributed by atoms with E-state index in [1.54, 1.807) is 30.3 Å². The molecule has 110 valence electrons. The fraction of sp³-hybridized carbons (Fsp3) is 0. The molecule has 6 nitrogen and oxygen atoms in total. The Morgan fingerprint density at radius 3 is 2.64 bits per heavy atom. The molecule has 1 heterocycles. The van der Waals surface area contributed by atoms with Gasteiger partial charge in [-0.25, -0.2) is 0 Å². The summed E-state index contributed by atoms with van der Waals surface area (Å²) in [6, 6.07) is 12.4. The molecule has 1 aromatic heterocycles. The summed E-state index contributed by atoms with van der Waals surface area (Å²) in [6.07, 6.45) is 0. The number of hydrogen-bond donors (Lipinski definition) is 1. The molecule has 0 atom stereocenters. The molecule has 0 spiro atoms. The van der Waals surface area contributed by atoms with Crippen molar-refractivity contribution < 1.29 is 9.66 Å². The van der Waals surface area contributed by atoms with Crippen LogP contribution in [0.3, 0.4) is 0 Å². The number of halogens is 1. The van der Waals surface area contributed by atoms with Crippen molar-refractivity contribution in [2.24, 2.45) is 0 Å². The molecule has 2 aromatic carbocycles. The molecule has 3 rings (SSSR count). The van der Waals surface area contributed by atoms with Crippen molar-refractivity contribution in [3.63, 3.8) is 0 Å². The van der Waals surface area contributed by atoms with Gasteiger partial charge in [-0.1, -0.05) is 23.7 Å². The first-order chi connectivity index (χ1) is 10.5. The van der Waals surface area contributed by atoms with Crippen LogP contribution in [0.4, 0.5) is 5.69 Å². The molecular weight excluding hydrogens is 308 g/mol. The second kappa shape index (κ2) is 5.50. The van der Waals surface area contributed by atoms with Crippen LogP contribution in [-0.2, 0) is 0 Å². The van der Waals surface area contributed by atoms with Gasteiger partial charge in [-0.2, -0.15) is 0 Å². The van der Waals surface area contributed by atoms with Crippen LogP contribution in [0.15, 0.2) is 53.3 Å². The SMILES string of the molecule is O=c1cc(Oc2cccc(Cl)c2)c2cccc([N+](=O)[O-])c2[nH]1. The Hall–Kier alpha value is -2.86. The maximum absolute atomic E-state index is 11.8. The fourth-order valence-electron chi connectivity index (χ4n) is 2.13. The molecule has 3 aromatic rings. The number of H-pyrrole nitrogens is 1. The molecule has 0 aliphatic rings. The van der Waals surface area contributed by atoms with Crippen LogP contribution in [-0.4, -0.2) is 9.91 Å². The smallest absolute Gasteiger partial charge is 0.293 e. The molecule has 0 radical (unpaired) electrons. The lowest BCUT2D eigenvalue weighted by atomic mass is 10.2. The number of fused-ring (bicyclic) bond motifs is 1. The summed E-state index contributed by atoms with van der Waals surface area (Å²) in [4.78, 5) is 24.7. The normalized spacial score (nSPS) is 10.6. The van der Waals surface area contributed by atoms with Gasteiger partial charge in [0.15, 0.2) is 0 Å². The minimum absolute atomic E-state index is 0.122. The topological polar surface area (TPSA) is 85.2 Å². The maximum atomic E-state index is 11.8. The maximum Gasteiger partial charge on any atom is 0.293 e. The lowest BCUT2D eigenvalue weighted by Gasteiger charge is -2.09. The fourth-order valence-corrected chi connectivity index (χ4v) is 2.31. The monoisotopic (exact) mass is 316 g/mol. The Labute approximate surface area is 129 Å². The minimum Gasteiger partial charge on any atom is -0.456 e. The van der Waals surface area contributed by atoms with E-state index in [0.717, 1.165) is 0 Å². The number of non-ortho nitro benzene ring substituents is 1. The molecule has 0 saturated carbocycles. The van der Waals surface area contributed by atoms with E-state index in [1.165, 1.54) is 18.2 Å². The zero-order chi connectivity index (χ0) is 15.7. The summed E-state index contributed by atoms with van der Waals surface area (Å²) in [5.41, 5.74) is -0.554. The number of nitro benzene ring substituents is 1. The van der Waals surface area contributed by atoms with Gasteiger partial charge in [-0.05, 0) is 24.3 Å². The van der Waals surface area contributed by atoms with Crippen molar-refractivity contribution in [2.75, 3.05) is 0 Å². The number of rotatable bonds is 3. The Balaban J connectivity index is 2.19. The summed E-state index contributed by atoms with van der Waals surface area (Å²) in [5.74, 6) is 0.663. The summed E-state index contributed by atoms with van der Waals surface area (Å²) in [7, 11) is 0. The van der Waals surface area contributed by atoms with E-state index in [2.05, 4.69) is 4.98 Å². The zero-order valence-electron chi connectivity index (χ0n) is 11.1. The van der Waals surface area contributed by atoms with E-state index >= 15 is 0 Å². The number of hydrogen-bond acceptors (Lipinski definition) is 4. The first-order valence-corrected chi connectivity index (χ1v) is 6.66. The number of aromatic amines is 1. The van der Waals surface area contributed by atoms with Gasteiger partial charge in [-0.3, -0.25) is 14.9 Å². The Morgan fingerprint density at radius 1 is 1.14 bits per heavy atom. The predicted molar refractivity (Wildman–Crippen MR) is 82.7 cm³/mol. The standard InChI is InChI=1S/C15H9ClN2O4/c16-9-3-1-4-10(7-9)22-13-8-14(19)17-15-11(13)5-2-6-12(15)18(20)21/h1-8H,(H,17,19). The number of nitrogens with zero attached hydrogens (tertiary/aromatic N) is 1. The first kappa shape index (κ1) is 14.1. The van der Waals surface area contributed by atoms with Crippen LogP contribution >= 0.6 is 11.6 Å². The highest BCUT2D eigenvalue weighted by atomic mass is 35.5. The molecule has 0 aliphatic carbocycles. The molecule has 0 fully saturated rings. The highest BCUT2D eigenvalue weighted by Gasteiger charge is 2.16. The molecule has 1 N–H and O–H groups in total. The first-order valence-electron chi connectivity index (χ1n) is 6.28. The molecule has 0 aliphatic heterocycles. The van der Waals surface area contributed by atoms with Crippen molar-refractivity contribution in [3.05, 3.63) is 74.0 Å². The van der Waals surface area contributed by atoms with E-state index in [4.69, 9.17) is 16.3 Å². The number of para-hydroxylation sites is 1. The molecular formula is C15H9ClN2O4. The van der Waals surface area contributed by atoms with Crippen LogP contribution in [0.5, 0.6) is 11.5 Å². The highest BCUT2D eigenvalue weighted by Crippen LogP contribution is 2.32. The van der Waals surface area contributed by atoms with Crippen molar-refractivity contribution >= 4 is 28.2 Å². The second-order valence-electron chi connectivity index (χ2n) is 4.51. The van der Waals surface area contributed by atoms with Crippen LogP contribution in [0.25, 0.3) is 10.9 Å². The van der Waals surface area contributed by atoms with Gasteiger partial charge in [0, 0.05) is 22.5 Å². The van der Waals surface area contributed by atoms with Crippen LogP contribution in [0.1, 0.15) is 0 Å². The third-order valence-corrected chi connectivity index (χ3v) is 3.27. The van der Waals surface area contributed by atoms with E-state index in [0.29, 0.717) is 16.2 Å². The lowest BCUT2D eigenvalue weighted by molar-refractivity contribution is -0.383. The summed E-state index contributed by atoms with van der Waals surface area (Å²) < 4.78 is 5.66. The highest BCUT2D eigenvalue weighted by molar-refractivity contribution is 6.30. The number of pyridine rings is 1. The molecule has 0 bridgehead atoms. The largest absolute Gasteiger partial charge is 0.456 e. The van der Waals surface area contributed by atoms with E-state index in [-0.39, 0.29) is 17.0 Å². The lowest BCUT2D eigenvalue weighted by Crippen LogP contribution is -2.06. The summed E-state index contributed by atoms with van der Waals surface area (Å²) in [5, 5.41) is 12.0. The van der Waals surface area contributed by atoms with E-state index in [9.17, 15) is 14.9 Å². The van der Waals surface area contributed by atoms with Crippen LogP contribution in [0.2, 0.25) is 5.02 Å². The summed E-state index contributed by atoms with van der Waals surface area (Å²) >= 11 is 5.89. The quantitative estimate of drug-likeness (QED) is 0.587. The number of nitro groups is 1. The van der Waals surface area contributed by atoms with Crippen molar-refractivity contribution in [1.29, 1.82) is 0 Å². The van der Waals surface area contributed by atoms with Gasteiger partial charge in [0.2, 0.25) is 0 Å². The molecule has 7 heteroatoms. The van der Waals surface area contributed by atoms with Crippen molar-refractivity contribution in [3.8, 4) is 11.5 Å². The predicted octanol–water partition coefficient (Wildman–Crippen LogP) is 3.88. The van der Waals surface area contributed by atoms with Gasteiger partial charge < -0.3 is 9.72 Å². The minimum atomic E-state index is -0.554. The average Bonchev–Trinajstić information content (AvgIpc) is 2.46. The van der Waals surface area contributed by atoms with Crippen molar-refractivity contribution in [2.45, 2.75) is 0 Å². The molecule has 0 amide bonds. The molecule has 22 heavy (non-hydrogen) atoms. The third-order valence-electron chi connectivity index (χ3n) is 3.04. The number of ether oxygens (including phenoxy) is 1. The number of benzene rings is 2. The van der Waals surface area contributed by atoms with Gasteiger partial charge in [0.25, 0.3) is 11.2 Å². The van der Waals surface area contributed by atoms with Gasteiger partial charge in [-0.15, -0.1) is 0 Å². The average molecular weight is 317 g/mol. The van der Waals surface area contributed by atoms with Crippen LogP contribution in [0, 0.1) is 10.1 Å². The molecule has 0 unspecified atom stereocenters. The van der Waals surface area contributed by atoms with Crippen molar-refractivity contribution in [1.82, 2.24) is 4.98 Å². The number of aromatic nitrogens is 1. The Morgan fingerprint density at radius 2 is 1.91 bits per heavy atom. The third kappa shape index (κ3) is 2.64. The van der Waals surface area contributed by atoms with Gasteiger partial charge in [0.05, 0.1) is 4.92 Å². The Bertz CT molecular complexity index is 936. The zero-order valence-corrected chi connectivity index (χ0v) is 11.8. The van der Waals surface area contributed by atoms with E-state index < -0.39 is 10.5 Å². The number of nitrogens with one attached hydrogen (secondary N) is 1. The van der Waals surface area contributed by atoms with E-state index in [1.807, 2.05) is 0 Å². The molecule has 0 saturated heterocycles.